The van der Waals surface area contributed by atoms with Crippen molar-refractivity contribution >= 4 is 45.7 Å². The fraction of sp³-hybridized carbons (Fsp3) is 0.118. The number of carbonyl (C=O) groups excluding carboxylic acids is 1. The van der Waals surface area contributed by atoms with Gasteiger partial charge in [0.2, 0.25) is 5.13 Å². The van der Waals surface area contributed by atoms with E-state index < -0.39 is 11.7 Å². The van der Waals surface area contributed by atoms with E-state index in [1.54, 1.807) is 24.3 Å². The summed E-state index contributed by atoms with van der Waals surface area (Å²) in [7, 11) is 0. The van der Waals surface area contributed by atoms with Crippen LogP contribution in [0.2, 0.25) is 5.02 Å². The monoisotopic (exact) mass is 429 g/mol. The predicted octanol–water partition coefficient (Wildman–Crippen LogP) is 5.75. The molecule has 10 heteroatoms. The Morgan fingerprint density at radius 2 is 1.74 bits per heavy atom. The highest BCUT2D eigenvalue weighted by Gasteiger charge is 2.29. The molecule has 0 saturated heterocycles. The number of halogens is 4. The summed E-state index contributed by atoms with van der Waals surface area (Å²) >= 11 is 8.30. The first-order valence-corrected chi connectivity index (χ1v) is 9.68. The van der Waals surface area contributed by atoms with Crippen molar-refractivity contribution in [3.63, 3.8) is 0 Å². The highest BCUT2D eigenvalue weighted by Crippen LogP contribution is 2.31. The van der Waals surface area contributed by atoms with Gasteiger partial charge < -0.3 is 0 Å². The van der Waals surface area contributed by atoms with Gasteiger partial charge in [0.1, 0.15) is 0 Å². The summed E-state index contributed by atoms with van der Waals surface area (Å²) in [5, 5.41) is 11.4. The number of amides is 1. The summed E-state index contributed by atoms with van der Waals surface area (Å²) < 4.78 is 38.3. The largest absolute Gasteiger partial charge is 0.416 e. The Balaban J connectivity index is 1.56. The van der Waals surface area contributed by atoms with Crippen molar-refractivity contribution in [1.29, 1.82) is 0 Å². The van der Waals surface area contributed by atoms with Crippen LogP contribution in [-0.2, 0) is 11.9 Å². The van der Waals surface area contributed by atoms with Crippen LogP contribution in [0.5, 0.6) is 0 Å². The number of benzene rings is 2. The molecule has 3 rings (SSSR count). The number of nitrogens with one attached hydrogen (secondary N) is 1. The van der Waals surface area contributed by atoms with E-state index in [2.05, 4.69) is 15.5 Å². The van der Waals surface area contributed by atoms with Crippen molar-refractivity contribution in [3.8, 4) is 0 Å². The van der Waals surface area contributed by atoms with Gasteiger partial charge >= 0.3 is 6.18 Å². The first-order chi connectivity index (χ1) is 12.8. The van der Waals surface area contributed by atoms with Crippen LogP contribution in [0.3, 0.4) is 0 Å². The van der Waals surface area contributed by atoms with Gasteiger partial charge in [-0.05, 0) is 42.0 Å². The highest BCUT2D eigenvalue weighted by molar-refractivity contribution is 8.00. The number of alkyl halides is 3. The average Bonchev–Trinajstić information content (AvgIpc) is 3.07. The Kier molecular flexibility index (Phi) is 6.03. The number of nitrogens with zero attached hydrogens (tertiary/aromatic N) is 2. The summed E-state index contributed by atoms with van der Waals surface area (Å²) in [5.41, 5.74) is 0.489. The summed E-state index contributed by atoms with van der Waals surface area (Å²) in [6.45, 7) is 0. The van der Waals surface area contributed by atoms with Crippen molar-refractivity contribution in [2.75, 3.05) is 5.32 Å². The molecule has 1 aromatic heterocycles. The van der Waals surface area contributed by atoms with Crippen molar-refractivity contribution in [2.24, 2.45) is 0 Å². The molecular weight excluding hydrogens is 419 g/mol. The molecule has 1 heterocycles. The lowest BCUT2D eigenvalue weighted by Crippen LogP contribution is -2.11. The van der Waals surface area contributed by atoms with Crippen LogP contribution in [0.25, 0.3) is 0 Å². The van der Waals surface area contributed by atoms with E-state index in [4.69, 9.17) is 11.6 Å². The Hall–Kier alpha value is -2.10. The Morgan fingerprint density at radius 3 is 2.37 bits per heavy atom. The molecule has 0 radical (unpaired) electrons. The van der Waals surface area contributed by atoms with Crippen molar-refractivity contribution in [3.05, 3.63) is 70.2 Å². The van der Waals surface area contributed by atoms with Crippen LogP contribution in [0.15, 0.2) is 52.9 Å². The molecule has 0 saturated carbocycles. The molecule has 0 bridgehead atoms. The van der Waals surface area contributed by atoms with Gasteiger partial charge in [0, 0.05) is 16.3 Å². The Bertz CT molecular complexity index is 928. The minimum Gasteiger partial charge on any atom is -0.296 e. The Morgan fingerprint density at radius 1 is 1.07 bits per heavy atom. The quantitative estimate of drug-likeness (QED) is 0.414. The maximum absolute atomic E-state index is 12.6. The normalized spacial score (nSPS) is 11.4. The number of hydrogen-bond acceptors (Lipinski definition) is 5. The van der Waals surface area contributed by atoms with Gasteiger partial charge in [0.05, 0.1) is 5.56 Å². The van der Waals surface area contributed by atoms with Crippen LogP contribution < -0.4 is 5.32 Å². The van der Waals surface area contributed by atoms with Gasteiger partial charge in [-0.2, -0.15) is 13.2 Å². The molecule has 0 aliphatic carbocycles. The van der Waals surface area contributed by atoms with Crippen LogP contribution in [0.4, 0.5) is 18.3 Å². The van der Waals surface area contributed by atoms with E-state index in [0.29, 0.717) is 25.8 Å². The standard InChI is InChI=1S/C17H11ClF3N3OS2/c18-13-7-3-11(4-8-13)14(25)22-15-23-24-16(27-15)26-9-10-1-5-12(6-2-10)17(19,20)21/h1-8H,9H2,(H,22,23,25). The third-order valence-electron chi connectivity index (χ3n) is 3.38. The van der Waals surface area contributed by atoms with Gasteiger partial charge in [0.15, 0.2) is 4.34 Å². The van der Waals surface area contributed by atoms with Gasteiger partial charge in [-0.15, -0.1) is 10.2 Å². The second kappa shape index (κ2) is 8.28. The SMILES string of the molecule is O=C(Nc1nnc(SCc2ccc(C(F)(F)F)cc2)s1)c1ccc(Cl)cc1. The van der Waals surface area contributed by atoms with Crippen LogP contribution in [0.1, 0.15) is 21.5 Å². The molecule has 3 aromatic rings. The molecule has 1 amide bonds. The second-order valence-corrected chi connectivity index (χ2v) is 7.95. The number of rotatable bonds is 5. The maximum Gasteiger partial charge on any atom is 0.416 e. The topological polar surface area (TPSA) is 54.9 Å². The lowest BCUT2D eigenvalue weighted by atomic mass is 10.1. The van der Waals surface area contributed by atoms with Crippen molar-refractivity contribution in [2.45, 2.75) is 16.3 Å². The van der Waals surface area contributed by atoms with Gasteiger partial charge in [-0.3, -0.25) is 10.1 Å². The zero-order chi connectivity index (χ0) is 19.4. The first-order valence-electron chi connectivity index (χ1n) is 7.50. The van der Waals surface area contributed by atoms with Gasteiger partial charge in [0.25, 0.3) is 5.91 Å². The average molecular weight is 430 g/mol. The minimum atomic E-state index is -4.35. The summed E-state index contributed by atoms with van der Waals surface area (Å²) in [5.74, 6) is 0.111. The van der Waals surface area contributed by atoms with E-state index in [1.807, 2.05) is 0 Å². The lowest BCUT2D eigenvalue weighted by molar-refractivity contribution is -0.137. The molecule has 0 atom stereocenters. The fourth-order valence-electron chi connectivity index (χ4n) is 2.02. The highest BCUT2D eigenvalue weighted by atomic mass is 35.5. The number of aromatic nitrogens is 2. The fourth-order valence-corrected chi connectivity index (χ4v) is 3.85. The smallest absolute Gasteiger partial charge is 0.296 e. The zero-order valence-corrected chi connectivity index (χ0v) is 15.8. The zero-order valence-electron chi connectivity index (χ0n) is 13.5. The number of hydrogen-bond donors (Lipinski definition) is 1. The third kappa shape index (κ3) is 5.44. The molecular formula is C17H11ClF3N3OS2. The predicted molar refractivity (Wildman–Crippen MR) is 100 cm³/mol. The molecule has 0 unspecified atom stereocenters. The molecule has 0 fully saturated rings. The van der Waals surface area contributed by atoms with E-state index in [1.165, 1.54) is 35.2 Å². The van der Waals surface area contributed by atoms with Crippen LogP contribution in [-0.4, -0.2) is 16.1 Å². The molecule has 0 spiro atoms. The van der Waals surface area contributed by atoms with Crippen LogP contribution >= 0.6 is 34.7 Å². The van der Waals surface area contributed by atoms with Crippen molar-refractivity contribution in [1.82, 2.24) is 10.2 Å². The van der Waals surface area contributed by atoms with E-state index in [-0.39, 0.29) is 5.91 Å². The first kappa shape index (κ1) is 19.7. The van der Waals surface area contributed by atoms with Crippen molar-refractivity contribution < 1.29 is 18.0 Å². The van der Waals surface area contributed by atoms with E-state index in [0.717, 1.165) is 17.7 Å². The third-order valence-corrected chi connectivity index (χ3v) is 5.67. The molecule has 0 aliphatic rings. The Labute approximate surface area is 165 Å². The van der Waals surface area contributed by atoms with Gasteiger partial charge in [-0.25, -0.2) is 0 Å². The molecule has 140 valence electrons. The lowest BCUT2D eigenvalue weighted by Gasteiger charge is -2.06. The van der Waals surface area contributed by atoms with E-state index in [9.17, 15) is 18.0 Å². The van der Waals surface area contributed by atoms with E-state index >= 15 is 0 Å². The molecule has 2 aromatic carbocycles. The summed E-state index contributed by atoms with van der Waals surface area (Å²) in [4.78, 5) is 12.1. The molecule has 27 heavy (non-hydrogen) atoms. The maximum atomic E-state index is 12.6. The number of carbonyl (C=O) groups is 1. The minimum absolute atomic E-state index is 0.331. The summed E-state index contributed by atoms with van der Waals surface area (Å²) in [6, 6.07) is 11.4. The number of thioether (sulfide) groups is 1. The molecule has 0 aliphatic heterocycles. The number of anilines is 1. The summed E-state index contributed by atoms with van der Waals surface area (Å²) in [6.07, 6.45) is -4.35. The molecule has 4 nitrogen and oxygen atoms in total. The van der Waals surface area contributed by atoms with Crippen LogP contribution in [0, 0.1) is 0 Å². The second-order valence-electron chi connectivity index (χ2n) is 5.32. The van der Waals surface area contributed by atoms with Gasteiger partial charge in [-0.1, -0.05) is 46.8 Å². The molecule has 1 N–H and O–H groups in total.